The Morgan fingerprint density at radius 3 is 2.55 bits per heavy atom. The number of nitrogens with two attached hydrogens (primary N) is 1. The standard InChI is InChI=1S/C16H25N3O2.HI/c1-13(11-14-3-5-15(20-2)6-4-14)12-18-16(17)19-7-9-21-10-8-19;/h3-6,13H,7-12H2,1-2H3,(H2,17,18);1H. The molecule has 1 fully saturated rings. The lowest BCUT2D eigenvalue weighted by Gasteiger charge is -2.27. The van der Waals surface area contributed by atoms with Crippen LogP contribution in [0, 0.1) is 5.92 Å². The number of hydrogen-bond donors (Lipinski definition) is 1. The van der Waals surface area contributed by atoms with Crippen molar-refractivity contribution in [3.8, 4) is 5.75 Å². The molecule has 0 radical (unpaired) electrons. The largest absolute Gasteiger partial charge is 0.497 e. The van der Waals surface area contributed by atoms with Crippen molar-refractivity contribution in [3.05, 3.63) is 29.8 Å². The van der Waals surface area contributed by atoms with Gasteiger partial charge in [0.1, 0.15) is 5.75 Å². The average Bonchev–Trinajstić information content (AvgIpc) is 2.54. The van der Waals surface area contributed by atoms with Gasteiger partial charge in [-0.3, -0.25) is 4.99 Å². The summed E-state index contributed by atoms with van der Waals surface area (Å²) < 4.78 is 10.5. The normalized spacial score (nSPS) is 16.8. The van der Waals surface area contributed by atoms with E-state index in [0.717, 1.165) is 45.0 Å². The quantitative estimate of drug-likeness (QED) is 0.452. The molecule has 1 unspecified atom stereocenters. The lowest BCUT2D eigenvalue weighted by atomic mass is 10.0. The van der Waals surface area contributed by atoms with E-state index in [9.17, 15) is 0 Å². The molecule has 0 bridgehead atoms. The van der Waals surface area contributed by atoms with Gasteiger partial charge in [0.05, 0.1) is 20.3 Å². The maximum absolute atomic E-state index is 6.03. The smallest absolute Gasteiger partial charge is 0.191 e. The van der Waals surface area contributed by atoms with Gasteiger partial charge in [0.25, 0.3) is 0 Å². The summed E-state index contributed by atoms with van der Waals surface area (Å²) >= 11 is 0. The van der Waals surface area contributed by atoms with E-state index in [0.29, 0.717) is 11.9 Å². The zero-order valence-corrected chi connectivity index (χ0v) is 15.7. The molecule has 124 valence electrons. The third-order valence-electron chi connectivity index (χ3n) is 3.64. The first-order valence-electron chi connectivity index (χ1n) is 7.44. The molecule has 22 heavy (non-hydrogen) atoms. The monoisotopic (exact) mass is 419 g/mol. The van der Waals surface area contributed by atoms with Crippen molar-refractivity contribution < 1.29 is 9.47 Å². The van der Waals surface area contributed by atoms with Gasteiger partial charge in [-0.15, -0.1) is 24.0 Å². The molecular formula is C16H26IN3O2. The predicted molar refractivity (Wildman–Crippen MR) is 100 cm³/mol. The molecule has 2 N–H and O–H groups in total. The Balaban J connectivity index is 0.00000242. The van der Waals surface area contributed by atoms with Gasteiger partial charge in [-0.1, -0.05) is 19.1 Å². The lowest BCUT2D eigenvalue weighted by Crippen LogP contribution is -2.45. The highest BCUT2D eigenvalue weighted by Gasteiger charge is 2.12. The van der Waals surface area contributed by atoms with Gasteiger partial charge in [-0.25, -0.2) is 0 Å². The van der Waals surface area contributed by atoms with Crippen molar-refractivity contribution in [2.75, 3.05) is 40.0 Å². The minimum Gasteiger partial charge on any atom is -0.497 e. The zero-order valence-electron chi connectivity index (χ0n) is 13.3. The van der Waals surface area contributed by atoms with E-state index in [1.165, 1.54) is 5.56 Å². The molecule has 1 aromatic carbocycles. The topological polar surface area (TPSA) is 60.1 Å². The summed E-state index contributed by atoms with van der Waals surface area (Å²) in [6, 6.07) is 8.19. The van der Waals surface area contributed by atoms with Crippen molar-refractivity contribution in [2.45, 2.75) is 13.3 Å². The van der Waals surface area contributed by atoms with Gasteiger partial charge in [0, 0.05) is 19.6 Å². The molecule has 6 heteroatoms. The van der Waals surface area contributed by atoms with Crippen LogP contribution in [0.5, 0.6) is 5.75 Å². The van der Waals surface area contributed by atoms with Gasteiger partial charge >= 0.3 is 0 Å². The molecular weight excluding hydrogens is 393 g/mol. The molecule has 0 amide bonds. The molecule has 5 nitrogen and oxygen atoms in total. The molecule has 0 aliphatic carbocycles. The summed E-state index contributed by atoms with van der Waals surface area (Å²) in [7, 11) is 1.68. The van der Waals surface area contributed by atoms with Crippen LogP contribution in [-0.4, -0.2) is 50.8 Å². The number of guanidine groups is 1. The van der Waals surface area contributed by atoms with Crippen LogP contribution >= 0.6 is 24.0 Å². The molecule has 1 saturated heterocycles. The van der Waals surface area contributed by atoms with Gasteiger partial charge in [0.2, 0.25) is 0 Å². The number of rotatable bonds is 5. The molecule has 1 heterocycles. The number of benzene rings is 1. The minimum absolute atomic E-state index is 0. The summed E-state index contributed by atoms with van der Waals surface area (Å²) in [6.07, 6.45) is 0.990. The van der Waals surface area contributed by atoms with Crippen molar-refractivity contribution in [2.24, 2.45) is 16.6 Å². The highest BCUT2D eigenvalue weighted by atomic mass is 127. The van der Waals surface area contributed by atoms with E-state index < -0.39 is 0 Å². The number of morpholine rings is 1. The van der Waals surface area contributed by atoms with Crippen LogP contribution in [0.1, 0.15) is 12.5 Å². The Kier molecular flexibility index (Phi) is 8.55. The maximum atomic E-state index is 6.03. The first-order chi connectivity index (χ1) is 10.2. The van der Waals surface area contributed by atoms with Crippen molar-refractivity contribution in [3.63, 3.8) is 0 Å². The van der Waals surface area contributed by atoms with E-state index in [4.69, 9.17) is 15.2 Å². The average molecular weight is 419 g/mol. The Morgan fingerprint density at radius 1 is 1.32 bits per heavy atom. The van der Waals surface area contributed by atoms with E-state index in [-0.39, 0.29) is 24.0 Å². The molecule has 2 rings (SSSR count). The Hall–Kier alpha value is -1.02. The highest BCUT2D eigenvalue weighted by molar-refractivity contribution is 14.0. The first kappa shape index (κ1) is 19.0. The second kappa shape index (κ2) is 9.89. The molecule has 1 aromatic rings. The van der Waals surface area contributed by atoms with Crippen molar-refractivity contribution in [1.29, 1.82) is 0 Å². The van der Waals surface area contributed by atoms with Crippen LogP contribution in [-0.2, 0) is 11.2 Å². The van der Waals surface area contributed by atoms with Crippen LogP contribution in [0.4, 0.5) is 0 Å². The Labute approximate surface area is 149 Å². The van der Waals surface area contributed by atoms with Crippen LogP contribution in [0.15, 0.2) is 29.3 Å². The molecule has 1 atom stereocenters. The van der Waals surface area contributed by atoms with Gasteiger partial charge < -0.3 is 20.1 Å². The predicted octanol–water partition coefficient (Wildman–Crippen LogP) is 2.14. The summed E-state index contributed by atoms with van der Waals surface area (Å²) in [6.45, 7) is 6.08. The van der Waals surface area contributed by atoms with E-state index in [2.05, 4.69) is 28.9 Å². The molecule has 0 aromatic heterocycles. The SMILES string of the molecule is COc1ccc(CC(C)CN=C(N)N2CCOCC2)cc1.I. The van der Waals surface area contributed by atoms with Crippen molar-refractivity contribution in [1.82, 2.24) is 4.90 Å². The summed E-state index contributed by atoms with van der Waals surface area (Å²) in [5, 5.41) is 0. The Bertz CT molecular complexity index is 459. The van der Waals surface area contributed by atoms with E-state index in [1.807, 2.05) is 12.1 Å². The third-order valence-corrected chi connectivity index (χ3v) is 3.64. The molecule has 1 aliphatic heterocycles. The van der Waals surface area contributed by atoms with E-state index >= 15 is 0 Å². The summed E-state index contributed by atoms with van der Waals surface area (Å²) in [4.78, 5) is 6.60. The fraction of sp³-hybridized carbons (Fsp3) is 0.562. The second-order valence-electron chi connectivity index (χ2n) is 5.46. The van der Waals surface area contributed by atoms with Crippen LogP contribution in [0.25, 0.3) is 0 Å². The second-order valence-corrected chi connectivity index (χ2v) is 5.46. The van der Waals surface area contributed by atoms with Gasteiger partial charge in [-0.05, 0) is 30.0 Å². The number of hydrogen-bond acceptors (Lipinski definition) is 3. The fourth-order valence-electron chi connectivity index (χ4n) is 2.37. The first-order valence-corrected chi connectivity index (χ1v) is 7.44. The van der Waals surface area contributed by atoms with Crippen molar-refractivity contribution >= 4 is 29.9 Å². The number of ether oxygens (including phenoxy) is 2. The zero-order chi connectivity index (χ0) is 15.1. The molecule has 1 aliphatic rings. The Morgan fingerprint density at radius 2 is 1.95 bits per heavy atom. The number of halogens is 1. The fourth-order valence-corrected chi connectivity index (χ4v) is 2.37. The highest BCUT2D eigenvalue weighted by Crippen LogP contribution is 2.14. The number of nitrogens with zero attached hydrogens (tertiary/aromatic N) is 2. The lowest BCUT2D eigenvalue weighted by molar-refractivity contribution is 0.0674. The van der Waals surface area contributed by atoms with Crippen LogP contribution < -0.4 is 10.5 Å². The van der Waals surface area contributed by atoms with Gasteiger partial charge in [-0.2, -0.15) is 0 Å². The van der Waals surface area contributed by atoms with Crippen LogP contribution in [0.2, 0.25) is 0 Å². The van der Waals surface area contributed by atoms with E-state index in [1.54, 1.807) is 7.11 Å². The minimum atomic E-state index is 0. The molecule has 0 spiro atoms. The number of aliphatic imine (C=N–C) groups is 1. The third kappa shape index (κ3) is 6.00. The summed E-state index contributed by atoms with van der Waals surface area (Å²) in [5.74, 6) is 1.99. The molecule has 0 saturated carbocycles. The van der Waals surface area contributed by atoms with Crippen LogP contribution in [0.3, 0.4) is 0 Å². The maximum Gasteiger partial charge on any atom is 0.191 e. The van der Waals surface area contributed by atoms with Gasteiger partial charge in [0.15, 0.2) is 5.96 Å². The summed E-state index contributed by atoms with van der Waals surface area (Å²) in [5.41, 5.74) is 7.33. The number of methoxy groups -OCH3 is 1.